The lowest BCUT2D eigenvalue weighted by Crippen LogP contribution is -1.88. The van der Waals surface area contributed by atoms with Crippen molar-refractivity contribution < 1.29 is 4.42 Å². The van der Waals surface area contributed by atoms with E-state index >= 15 is 0 Å². The first kappa shape index (κ1) is 13.1. The van der Waals surface area contributed by atoms with Gasteiger partial charge < -0.3 is 10.2 Å². The Morgan fingerprint density at radius 3 is 2.75 bits per heavy atom. The van der Waals surface area contributed by atoms with Crippen molar-refractivity contribution >= 4 is 28.5 Å². The van der Waals surface area contributed by atoms with Crippen LogP contribution in [0.5, 0.6) is 0 Å². The number of rotatable bonds is 4. The number of hydrogen-bond donors (Lipinski definition) is 1. The second-order valence-corrected chi connectivity index (χ2v) is 5.71. The number of thioether (sulfide) groups is 1. The Labute approximate surface area is 122 Å². The highest BCUT2D eigenvalue weighted by molar-refractivity contribution is 7.97. The monoisotopic (exact) mass is 284 g/mol. The summed E-state index contributed by atoms with van der Waals surface area (Å²) in [7, 11) is 0. The molecule has 2 aromatic carbocycles. The van der Waals surface area contributed by atoms with E-state index in [-0.39, 0.29) is 0 Å². The lowest BCUT2D eigenvalue weighted by molar-refractivity contribution is 0.556. The van der Waals surface area contributed by atoms with E-state index in [1.165, 1.54) is 11.1 Å². The maximum atomic E-state index is 5.88. The standard InChI is InChI=1S/C16H16N2OS/c1-11-5-2-3-6-12(11)9-20-10-15-18-16-13(17)7-4-8-14(16)19-15/h2-8H,9-10,17H2,1H3. The summed E-state index contributed by atoms with van der Waals surface area (Å²) in [5.74, 6) is 2.44. The number of fused-ring (bicyclic) bond motifs is 1. The minimum Gasteiger partial charge on any atom is -0.440 e. The molecule has 0 aliphatic heterocycles. The molecule has 3 aromatic rings. The van der Waals surface area contributed by atoms with Gasteiger partial charge >= 0.3 is 0 Å². The van der Waals surface area contributed by atoms with Crippen LogP contribution >= 0.6 is 11.8 Å². The number of oxazole rings is 1. The Kier molecular flexibility index (Phi) is 3.65. The molecule has 0 radical (unpaired) electrons. The van der Waals surface area contributed by atoms with Gasteiger partial charge in [0.1, 0.15) is 5.52 Å². The van der Waals surface area contributed by atoms with Crippen LogP contribution in [0.3, 0.4) is 0 Å². The van der Waals surface area contributed by atoms with Gasteiger partial charge in [-0.15, -0.1) is 11.8 Å². The van der Waals surface area contributed by atoms with Crippen LogP contribution in [0.2, 0.25) is 0 Å². The number of hydrogen-bond acceptors (Lipinski definition) is 4. The van der Waals surface area contributed by atoms with Crippen LogP contribution < -0.4 is 5.73 Å². The molecule has 0 aliphatic rings. The van der Waals surface area contributed by atoms with Gasteiger partial charge in [0.2, 0.25) is 5.89 Å². The number of nitrogens with two attached hydrogens (primary N) is 1. The summed E-state index contributed by atoms with van der Waals surface area (Å²) in [6.07, 6.45) is 0. The fourth-order valence-electron chi connectivity index (χ4n) is 2.10. The van der Waals surface area contributed by atoms with Crippen molar-refractivity contribution in [2.75, 3.05) is 5.73 Å². The molecule has 0 saturated heterocycles. The molecule has 102 valence electrons. The Hall–Kier alpha value is -1.94. The summed E-state index contributed by atoms with van der Waals surface area (Å²) in [4.78, 5) is 4.45. The first-order chi connectivity index (χ1) is 9.74. The summed E-state index contributed by atoms with van der Waals surface area (Å²) in [5.41, 5.74) is 10.7. The Morgan fingerprint density at radius 1 is 1.10 bits per heavy atom. The maximum Gasteiger partial charge on any atom is 0.205 e. The lowest BCUT2D eigenvalue weighted by atomic mass is 10.1. The van der Waals surface area contributed by atoms with E-state index in [0.29, 0.717) is 5.69 Å². The summed E-state index contributed by atoms with van der Waals surface area (Å²) in [5, 5.41) is 0. The van der Waals surface area contributed by atoms with E-state index in [9.17, 15) is 0 Å². The van der Waals surface area contributed by atoms with Crippen LogP contribution in [0.15, 0.2) is 46.9 Å². The molecule has 0 fully saturated rings. The van der Waals surface area contributed by atoms with Gasteiger partial charge in [-0.05, 0) is 30.2 Å². The number of aryl methyl sites for hydroxylation is 1. The van der Waals surface area contributed by atoms with Gasteiger partial charge in [-0.3, -0.25) is 0 Å². The predicted molar refractivity (Wildman–Crippen MR) is 84.6 cm³/mol. The van der Waals surface area contributed by atoms with E-state index < -0.39 is 0 Å². The Bertz CT molecular complexity index is 736. The molecule has 0 amide bonds. The van der Waals surface area contributed by atoms with Crippen molar-refractivity contribution in [2.24, 2.45) is 0 Å². The molecule has 20 heavy (non-hydrogen) atoms. The van der Waals surface area contributed by atoms with E-state index in [4.69, 9.17) is 10.2 Å². The first-order valence-corrected chi connectivity index (χ1v) is 7.65. The van der Waals surface area contributed by atoms with Crippen LogP contribution in [0, 0.1) is 6.92 Å². The average Bonchev–Trinajstić information content (AvgIpc) is 2.85. The number of nitrogen functional groups attached to an aromatic ring is 1. The third-order valence-corrected chi connectivity index (χ3v) is 4.21. The van der Waals surface area contributed by atoms with Gasteiger partial charge in [0.25, 0.3) is 0 Å². The van der Waals surface area contributed by atoms with Crippen molar-refractivity contribution in [3.8, 4) is 0 Å². The molecule has 3 rings (SSSR count). The zero-order chi connectivity index (χ0) is 13.9. The number of nitrogens with zero attached hydrogens (tertiary/aromatic N) is 1. The first-order valence-electron chi connectivity index (χ1n) is 6.50. The fourth-order valence-corrected chi connectivity index (χ4v) is 3.04. The van der Waals surface area contributed by atoms with E-state index in [1.54, 1.807) is 11.8 Å². The Balaban J connectivity index is 1.68. The molecule has 0 atom stereocenters. The third kappa shape index (κ3) is 2.65. The van der Waals surface area contributed by atoms with Crippen molar-refractivity contribution in [1.82, 2.24) is 4.98 Å². The summed E-state index contributed by atoms with van der Waals surface area (Å²) >= 11 is 1.80. The normalized spacial score (nSPS) is 11.1. The second-order valence-electron chi connectivity index (χ2n) is 4.72. The van der Waals surface area contributed by atoms with Crippen LogP contribution in [0.4, 0.5) is 5.69 Å². The van der Waals surface area contributed by atoms with Gasteiger partial charge in [-0.2, -0.15) is 0 Å². The molecule has 0 unspecified atom stereocenters. The highest BCUT2D eigenvalue weighted by Crippen LogP contribution is 2.25. The molecule has 0 bridgehead atoms. The van der Waals surface area contributed by atoms with E-state index in [2.05, 4.69) is 36.2 Å². The van der Waals surface area contributed by atoms with Crippen molar-refractivity contribution in [3.63, 3.8) is 0 Å². The highest BCUT2D eigenvalue weighted by Gasteiger charge is 2.08. The summed E-state index contributed by atoms with van der Waals surface area (Å²) in [6, 6.07) is 14.1. The van der Waals surface area contributed by atoms with Gasteiger partial charge in [0.15, 0.2) is 5.58 Å². The maximum absolute atomic E-state index is 5.88. The van der Waals surface area contributed by atoms with Crippen LogP contribution in [-0.4, -0.2) is 4.98 Å². The molecule has 1 aromatic heterocycles. The molecule has 4 heteroatoms. The number of para-hydroxylation sites is 1. The molecule has 0 spiro atoms. The van der Waals surface area contributed by atoms with E-state index in [1.807, 2.05) is 18.2 Å². The van der Waals surface area contributed by atoms with E-state index in [0.717, 1.165) is 28.5 Å². The van der Waals surface area contributed by atoms with Crippen LogP contribution in [0.25, 0.3) is 11.1 Å². The number of anilines is 1. The topological polar surface area (TPSA) is 52.0 Å². The summed E-state index contributed by atoms with van der Waals surface area (Å²) < 4.78 is 5.71. The highest BCUT2D eigenvalue weighted by atomic mass is 32.2. The van der Waals surface area contributed by atoms with Crippen molar-refractivity contribution in [2.45, 2.75) is 18.4 Å². The minimum atomic E-state index is 0.668. The molecular weight excluding hydrogens is 268 g/mol. The summed E-state index contributed by atoms with van der Waals surface area (Å²) in [6.45, 7) is 2.13. The molecule has 3 nitrogen and oxygen atoms in total. The quantitative estimate of drug-likeness (QED) is 0.731. The number of aromatic nitrogens is 1. The van der Waals surface area contributed by atoms with Crippen LogP contribution in [0.1, 0.15) is 17.0 Å². The molecule has 0 aliphatic carbocycles. The van der Waals surface area contributed by atoms with Crippen LogP contribution in [-0.2, 0) is 11.5 Å². The average molecular weight is 284 g/mol. The van der Waals surface area contributed by atoms with Gasteiger partial charge in [0.05, 0.1) is 11.4 Å². The largest absolute Gasteiger partial charge is 0.440 e. The van der Waals surface area contributed by atoms with Crippen molar-refractivity contribution in [3.05, 3.63) is 59.5 Å². The smallest absolute Gasteiger partial charge is 0.205 e. The van der Waals surface area contributed by atoms with Gasteiger partial charge in [0, 0.05) is 5.75 Å². The van der Waals surface area contributed by atoms with Gasteiger partial charge in [-0.25, -0.2) is 4.98 Å². The van der Waals surface area contributed by atoms with Crippen molar-refractivity contribution in [1.29, 1.82) is 0 Å². The SMILES string of the molecule is Cc1ccccc1CSCc1nc2c(N)cccc2o1. The van der Waals surface area contributed by atoms with Gasteiger partial charge in [-0.1, -0.05) is 30.3 Å². The third-order valence-electron chi connectivity index (χ3n) is 3.24. The molecule has 2 N–H and O–H groups in total. The molecule has 0 saturated carbocycles. The number of benzene rings is 2. The zero-order valence-electron chi connectivity index (χ0n) is 11.3. The second kappa shape index (κ2) is 5.59. The zero-order valence-corrected chi connectivity index (χ0v) is 12.1. The Morgan fingerprint density at radius 2 is 1.95 bits per heavy atom. The predicted octanol–water partition coefficient (Wildman–Crippen LogP) is 4.15. The minimum absolute atomic E-state index is 0.668. The fraction of sp³-hybridized carbons (Fsp3) is 0.188. The molecular formula is C16H16N2OS. The lowest BCUT2D eigenvalue weighted by Gasteiger charge is -2.03. The molecule has 1 heterocycles.